The summed E-state index contributed by atoms with van der Waals surface area (Å²) < 4.78 is 0. The van der Waals surface area contributed by atoms with E-state index < -0.39 is 0 Å². The summed E-state index contributed by atoms with van der Waals surface area (Å²) in [6.07, 6.45) is 4.25. The zero-order valence-electron chi connectivity index (χ0n) is 14.5. The molecule has 1 saturated heterocycles. The lowest BCUT2D eigenvalue weighted by Gasteiger charge is -2.24. The van der Waals surface area contributed by atoms with Crippen LogP contribution in [0.1, 0.15) is 48.7 Å². The van der Waals surface area contributed by atoms with Gasteiger partial charge in [-0.2, -0.15) is 0 Å². The number of rotatable bonds is 5. The zero-order chi connectivity index (χ0) is 16.9. The van der Waals surface area contributed by atoms with E-state index in [0.29, 0.717) is 18.2 Å². The number of carbonyl (C=O) groups excluding carboxylic acids is 1. The van der Waals surface area contributed by atoms with Crippen LogP contribution in [0.5, 0.6) is 0 Å². The third kappa shape index (κ3) is 3.65. The molecule has 0 spiro atoms. The molecule has 1 aliphatic rings. The third-order valence-corrected chi connectivity index (χ3v) is 4.72. The Balaban J connectivity index is 1.79. The molecule has 0 radical (unpaired) electrons. The minimum atomic E-state index is -0.0760. The Bertz CT molecular complexity index is 690. The van der Waals surface area contributed by atoms with Gasteiger partial charge in [-0.1, -0.05) is 18.2 Å². The van der Waals surface area contributed by atoms with Crippen LogP contribution in [0.4, 0.5) is 0 Å². The summed E-state index contributed by atoms with van der Waals surface area (Å²) in [4.78, 5) is 18.8. The van der Waals surface area contributed by atoms with Crippen molar-refractivity contribution in [3.8, 4) is 11.3 Å². The van der Waals surface area contributed by atoms with E-state index in [1.807, 2.05) is 19.1 Å². The smallest absolute Gasteiger partial charge is 0.252 e. The molecule has 4 nitrogen and oxygen atoms in total. The van der Waals surface area contributed by atoms with Crippen LogP contribution in [-0.2, 0) is 0 Å². The van der Waals surface area contributed by atoms with Crippen LogP contribution >= 0.6 is 0 Å². The highest BCUT2D eigenvalue weighted by Gasteiger charge is 2.19. The number of amides is 1. The minimum Gasteiger partial charge on any atom is -0.352 e. The van der Waals surface area contributed by atoms with Crippen LogP contribution in [0.15, 0.2) is 42.6 Å². The Morgan fingerprint density at radius 3 is 2.71 bits per heavy atom. The van der Waals surface area contributed by atoms with Crippen LogP contribution in [0.3, 0.4) is 0 Å². The third-order valence-electron chi connectivity index (χ3n) is 4.72. The topological polar surface area (TPSA) is 45.2 Å². The Hall–Kier alpha value is -2.20. The summed E-state index contributed by atoms with van der Waals surface area (Å²) in [5.41, 5.74) is 3.92. The standard InChI is InChI=1S/C20H25N3O/c1-3-21-20(24)18-9-10-19(22-14-18)17-8-6-7-16(13-17)15(2)23-11-4-5-12-23/h6-10,13-15H,3-5,11-12H2,1-2H3,(H,21,24)/t15-/m1/s1. The van der Waals surface area contributed by atoms with Crippen molar-refractivity contribution < 1.29 is 4.79 Å². The lowest BCUT2D eigenvalue weighted by atomic mass is 10.0. The van der Waals surface area contributed by atoms with E-state index in [2.05, 4.69) is 46.4 Å². The van der Waals surface area contributed by atoms with E-state index in [-0.39, 0.29) is 5.91 Å². The Kier molecular flexibility index (Phi) is 5.26. The number of hydrogen-bond donors (Lipinski definition) is 1. The van der Waals surface area contributed by atoms with Gasteiger partial charge in [0.25, 0.3) is 5.91 Å². The summed E-state index contributed by atoms with van der Waals surface area (Å²) in [6, 6.07) is 12.8. The van der Waals surface area contributed by atoms with Gasteiger partial charge >= 0.3 is 0 Å². The van der Waals surface area contributed by atoms with Gasteiger partial charge < -0.3 is 5.32 Å². The number of benzene rings is 1. The minimum absolute atomic E-state index is 0.0760. The molecule has 0 saturated carbocycles. The van der Waals surface area contributed by atoms with Crippen LogP contribution < -0.4 is 5.32 Å². The number of carbonyl (C=O) groups is 1. The first-order valence-electron chi connectivity index (χ1n) is 8.77. The second kappa shape index (κ2) is 7.58. The van der Waals surface area contributed by atoms with Crippen molar-refractivity contribution in [2.45, 2.75) is 32.7 Å². The molecule has 24 heavy (non-hydrogen) atoms. The molecule has 126 valence electrons. The molecule has 3 rings (SSSR count). The summed E-state index contributed by atoms with van der Waals surface area (Å²) in [6.45, 7) is 7.18. The first-order chi connectivity index (χ1) is 11.7. The number of nitrogens with zero attached hydrogens (tertiary/aromatic N) is 2. The van der Waals surface area contributed by atoms with Crippen molar-refractivity contribution in [2.24, 2.45) is 0 Å². The molecule has 1 amide bonds. The Morgan fingerprint density at radius 2 is 2.04 bits per heavy atom. The average molecular weight is 323 g/mol. The molecular formula is C20H25N3O. The van der Waals surface area contributed by atoms with Crippen molar-refractivity contribution in [1.82, 2.24) is 15.2 Å². The van der Waals surface area contributed by atoms with Crippen molar-refractivity contribution in [1.29, 1.82) is 0 Å². The van der Waals surface area contributed by atoms with Crippen molar-refractivity contribution >= 4 is 5.91 Å². The van der Waals surface area contributed by atoms with Gasteiger partial charge in [-0.05, 0) is 63.5 Å². The molecule has 0 unspecified atom stereocenters. The number of aromatic nitrogens is 1. The normalized spacial score (nSPS) is 16.1. The highest BCUT2D eigenvalue weighted by Crippen LogP contribution is 2.27. The summed E-state index contributed by atoms with van der Waals surface area (Å²) >= 11 is 0. The van der Waals surface area contributed by atoms with Gasteiger partial charge in [0.05, 0.1) is 11.3 Å². The maximum Gasteiger partial charge on any atom is 0.252 e. The first kappa shape index (κ1) is 16.7. The second-order valence-corrected chi connectivity index (χ2v) is 6.34. The maximum absolute atomic E-state index is 11.8. The van der Waals surface area contributed by atoms with Gasteiger partial charge in [-0.3, -0.25) is 14.7 Å². The Labute approximate surface area is 143 Å². The van der Waals surface area contributed by atoms with Gasteiger partial charge in [0, 0.05) is 24.3 Å². The highest BCUT2D eigenvalue weighted by molar-refractivity contribution is 5.94. The molecule has 0 aliphatic carbocycles. The second-order valence-electron chi connectivity index (χ2n) is 6.34. The quantitative estimate of drug-likeness (QED) is 0.913. The monoisotopic (exact) mass is 323 g/mol. The van der Waals surface area contributed by atoms with Gasteiger partial charge in [0.1, 0.15) is 0 Å². The number of pyridine rings is 1. The number of hydrogen-bond acceptors (Lipinski definition) is 3. The lowest BCUT2D eigenvalue weighted by molar-refractivity contribution is 0.0955. The summed E-state index contributed by atoms with van der Waals surface area (Å²) in [7, 11) is 0. The van der Waals surface area contributed by atoms with E-state index in [4.69, 9.17) is 0 Å². The molecule has 4 heteroatoms. The maximum atomic E-state index is 11.8. The molecule has 1 aliphatic heterocycles. The van der Waals surface area contributed by atoms with Crippen LogP contribution in [0, 0.1) is 0 Å². The van der Waals surface area contributed by atoms with Crippen LogP contribution in [0.2, 0.25) is 0 Å². The zero-order valence-corrected chi connectivity index (χ0v) is 14.5. The van der Waals surface area contributed by atoms with Crippen LogP contribution in [0.25, 0.3) is 11.3 Å². The molecule has 2 heterocycles. The van der Waals surface area contributed by atoms with Crippen molar-refractivity contribution in [2.75, 3.05) is 19.6 Å². The Morgan fingerprint density at radius 1 is 1.25 bits per heavy atom. The lowest BCUT2D eigenvalue weighted by Crippen LogP contribution is -2.23. The fourth-order valence-electron chi connectivity index (χ4n) is 3.26. The van der Waals surface area contributed by atoms with Crippen LogP contribution in [-0.4, -0.2) is 35.4 Å². The predicted octanol–water partition coefficient (Wildman–Crippen LogP) is 3.66. The van der Waals surface area contributed by atoms with Gasteiger partial charge in [-0.25, -0.2) is 0 Å². The average Bonchev–Trinajstić information content (AvgIpc) is 3.16. The van der Waals surface area contributed by atoms with E-state index in [0.717, 1.165) is 11.3 Å². The van der Waals surface area contributed by atoms with Crippen molar-refractivity contribution in [3.63, 3.8) is 0 Å². The molecule has 1 aromatic heterocycles. The SMILES string of the molecule is CCNC(=O)c1ccc(-c2cccc([C@@H](C)N3CCCC3)c2)nc1. The van der Waals surface area contributed by atoms with Crippen molar-refractivity contribution in [3.05, 3.63) is 53.7 Å². The molecule has 1 aromatic carbocycles. The van der Waals surface area contributed by atoms with E-state index in [1.165, 1.54) is 31.5 Å². The number of likely N-dealkylation sites (tertiary alicyclic amines) is 1. The molecule has 0 bridgehead atoms. The first-order valence-corrected chi connectivity index (χ1v) is 8.77. The molecule has 1 atom stereocenters. The van der Waals surface area contributed by atoms with E-state index in [9.17, 15) is 4.79 Å². The highest BCUT2D eigenvalue weighted by atomic mass is 16.1. The largest absolute Gasteiger partial charge is 0.352 e. The van der Waals surface area contributed by atoms with Gasteiger partial charge in [0.15, 0.2) is 0 Å². The summed E-state index contributed by atoms with van der Waals surface area (Å²) in [5.74, 6) is -0.0760. The van der Waals surface area contributed by atoms with E-state index in [1.54, 1.807) is 6.20 Å². The predicted molar refractivity (Wildman–Crippen MR) is 96.9 cm³/mol. The fraction of sp³-hybridized carbons (Fsp3) is 0.400. The summed E-state index contributed by atoms with van der Waals surface area (Å²) in [5, 5.41) is 2.79. The molecule has 2 aromatic rings. The molecular weight excluding hydrogens is 298 g/mol. The fourth-order valence-corrected chi connectivity index (χ4v) is 3.26. The van der Waals surface area contributed by atoms with Gasteiger partial charge in [-0.15, -0.1) is 0 Å². The molecule has 1 N–H and O–H groups in total. The number of nitrogens with one attached hydrogen (secondary N) is 1. The molecule has 1 fully saturated rings. The van der Waals surface area contributed by atoms with Gasteiger partial charge in [0.2, 0.25) is 0 Å². The van der Waals surface area contributed by atoms with E-state index >= 15 is 0 Å².